The number of ketones is 1. The maximum Gasteiger partial charge on any atom is 0.417 e. The molecule has 3 atom stereocenters. The van der Waals surface area contributed by atoms with Crippen LogP contribution in [0.5, 0.6) is 0 Å². The highest BCUT2D eigenvalue weighted by molar-refractivity contribution is 7.91. The van der Waals surface area contributed by atoms with Crippen LogP contribution in [-0.2, 0) is 14.8 Å². The SMILES string of the molecule is CC(=O)CC(CNS(=O)(=O)c1cccs1)N=C1C=CC(C(C)(O)C(F)(F)F)CC1. The van der Waals surface area contributed by atoms with Crippen molar-refractivity contribution in [3.05, 3.63) is 29.7 Å². The van der Waals surface area contributed by atoms with Crippen LogP contribution in [0.25, 0.3) is 0 Å². The topological polar surface area (TPSA) is 95.8 Å². The first-order valence-electron chi connectivity index (χ1n) is 8.89. The Morgan fingerprint density at radius 2 is 2.14 bits per heavy atom. The van der Waals surface area contributed by atoms with Crippen molar-refractivity contribution < 1.29 is 31.5 Å². The summed E-state index contributed by atoms with van der Waals surface area (Å²) in [6.07, 6.45) is -1.89. The van der Waals surface area contributed by atoms with Gasteiger partial charge >= 0.3 is 6.18 Å². The quantitative estimate of drug-likeness (QED) is 0.634. The van der Waals surface area contributed by atoms with Crippen LogP contribution in [-0.4, -0.2) is 49.4 Å². The molecule has 3 unspecified atom stereocenters. The van der Waals surface area contributed by atoms with Gasteiger partial charge < -0.3 is 5.11 Å². The smallest absolute Gasteiger partial charge is 0.380 e. The Morgan fingerprint density at radius 1 is 1.45 bits per heavy atom. The van der Waals surface area contributed by atoms with E-state index < -0.39 is 33.8 Å². The minimum Gasteiger partial charge on any atom is -0.380 e. The molecule has 29 heavy (non-hydrogen) atoms. The minimum absolute atomic E-state index is 0.00596. The molecule has 0 spiro atoms. The average molecular weight is 453 g/mol. The normalized spacial score (nSPS) is 22.4. The summed E-state index contributed by atoms with van der Waals surface area (Å²) in [4.78, 5) is 15.9. The maximum absolute atomic E-state index is 13.0. The Labute approximate surface area is 171 Å². The number of alkyl halides is 3. The molecule has 1 aliphatic carbocycles. The lowest BCUT2D eigenvalue weighted by molar-refractivity contribution is -0.267. The van der Waals surface area contributed by atoms with E-state index in [1.807, 2.05) is 0 Å². The third kappa shape index (κ3) is 6.21. The van der Waals surface area contributed by atoms with Gasteiger partial charge in [-0.1, -0.05) is 12.1 Å². The molecule has 0 saturated heterocycles. The number of hydrogen-bond acceptors (Lipinski definition) is 6. The number of Topliss-reactive ketones (excluding diaryl/α,β-unsaturated/α-hetero) is 1. The number of nitrogens with zero attached hydrogens (tertiary/aromatic N) is 1. The summed E-state index contributed by atoms with van der Waals surface area (Å²) in [5, 5.41) is 11.4. The second-order valence-electron chi connectivity index (χ2n) is 7.11. The summed E-state index contributed by atoms with van der Waals surface area (Å²) in [6, 6.07) is 2.38. The molecule has 0 saturated carbocycles. The number of rotatable bonds is 8. The van der Waals surface area contributed by atoms with Gasteiger partial charge in [-0.3, -0.25) is 9.79 Å². The number of hydrogen-bond donors (Lipinski definition) is 2. The molecule has 0 bridgehead atoms. The third-order valence-electron chi connectivity index (χ3n) is 4.67. The maximum atomic E-state index is 13.0. The Kier molecular flexibility index (Phi) is 7.42. The molecule has 0 aliphatic heterocycles. The molecule has 0 aromatic carbocycles. The molecule has 2 rings (SSSR count). The highest BCUT2D eigenvalue weighted by Gasteiger charge is 2.54. The molecular weight excluding hydrogens is 429 g/mol. The summed E-state index contributed by atoms with van der Waals surface area (Å²) < 4.78 is 66.0. The van der Waals surface area contributed by atoms with E-state index in [1.165, 1.54) is 25.1 Å². The zero-order valence-corrected chi connectivity index (χ0v) is 17.6. The zero-order valence-electron chi connectivity index (χ0n) is 15.9. The summed E-state index contributed by atoms with van der Waals surface area (Å²) in [5.41, 5.74) is -2.38. The molecule has 11 heteroatoms. The number of sulfonamides is 1. The largest absolute Gasteiger partial charge is 0.417 e. The van der Waals surface area contributed by atoms with E-state index in [-0.39, 0.29) is 35.8 Å². The van der Waals surface area contributed by atoms with Crippen LogP contribution in [0.2, 0.25) is 0 Å². The average Bonchev–Trinajstić information content (AvgIpc) is 3.14. The number of aliphatic hydroxyl groups is 1. The van der Waals surface area contributed by atoms with Crippen molar-refractivity contribution in [2.45, 2.75) is 55.1 Å². The van der Waals surface area contributed by atoms with Crippen molar-refractivity contribution in [2.75, 3.05) is 6.54 Å². The third-order valence-corrected chi connectivity index (χ3v) is 7.49. The van der Waals surface area contributed by atoms with Crippen molar-refractivity contribution in [3.63, 3.8) is 0 Å². The summed E-state index contributed by atoms with van der Waals surface area (Å²) in [7, 11) is -3.72. The molecule has 1 heterocycles. The van der Waals surface area contributed by atoms with E-state index in [0.717, 1.165) is 18.3 Å². The van der Waals surface area contributed by atoms with Crippen LogP contribution < -0.4 is 4.72 Å². The molecule has 1 aliphatic rings. The van der Waals surface area contributed by atoms with Gasteiger partial charge in [0.2, 0.25) is 10.0 Å². The first-order chi connectivity index (χ1) is 13.3. The molecule has 2 N–H and O–H groups in total. The summed E-state index contributed by atoms with van der Waals surface area (Å²) in [5.74, 6) is -1.29. The highest BCUT2D eigenvalue weighted by atomic mass is 32.2. The van der Waals surface area contributed by atoms with Crippen LogP contribution in [0, 0.1) is 5.92 Å². The molecule has 1 aromatic heterocycles. The fourth-order valence-electron chi connectivity index (χ4n) is 2.92. The summed E-state index contributed by atoms with van der Waals surface area (Å²) in [6.45, 7) is 1.98. The van der Waals surface area contributed by atoms with Gasteiger partial charge in [0.1, 0.15) is 9.99 Å². The Balaban J connectivity index is 2.11. The van der Waals surface area contributed by atoms with E-state index >= 15 is 0 Å². The fourth-order valence-corrected chi connectivity index (χ4v) is 5.03. The Bertz CT molecular complexity index is 875. The number of aliphatic imine (C=N–C) groups is 1. The molecule has 0 radical (unpaired) electrons. The Morgan fingerprint density at radius 3 is 2.62 bits per heavy atom. The van der Waals surface area contributed by atoms with E-state index in [1.54, 1.807) is 11.4 Å². The van der Waals surface area contributed by atoms with Gasteiger partial charge in [-0.2, -0.15) is 13.2 Å². The zero-order chi connectivity index (χ0) is 21.9. The monoisotopic (exact) mass is 452 g/mol. The van der Waals surface area contributed by atoms with Gasteiger partial charge in [-0.05, 0) is 44.2 Å². The number of thiophene rings is 1. The van der Waals surface area contributed by atoms with Gasteiger partial charge in [0.15, 0.2) is 5.60 Å². The van der Waals surface area contributed by atoms with Gasteiger partial charge in [0.25, 0.3) is 0 Å². The van der Waals surface area contributed by atoms with Crippen LogP contribution in [0.1, 0.15) is 33.1 Å². The molecule has 1 aromatic rings. The second kappa shape index (κ2) is 9.07. The first-order valence-corrected chi connectivity index (χ1v) is 11.3. The van der Waals surface area contributed by atoms with E-state index in [0.29, 0.717) is 5.71 Å². The molecule has 162 valence electrons. The second-order valence-corrected chi connectivity index (χ2v) is 10.1. The van der Waals surface area contributed by atoms with Crippen molar-refractivity contribution in [1.29, 1.82) is 0 Å². The van der Waals surface area contributed by atoms with Gasteiger partial charge in [0.05, 0.1) is 6.04 Å². The fraction of sp³-hybridized carbons (Fsp3) is 0.556. The summed E-state index contributed by atoms with van der Waals surface area (Å²) >= 11 is 1.06. The lowest BCUT2D eigenvalue weighted by atomic mass is 9.81. The number of nitrogens with one attached hydrogen (secondary N) is 1. The molecular formula is C18H23F3N2O4S2. The lowest BCUT2D eigenvalue weighted by Gasteiger charge is -2.34. The number of carbonyl (C=O) groups is 1. The van der Waals surface area contributed by atoms with Crippen molar-refractivity contribution in [2.24, 2.45) is 10.9 Å². The predicted octanol–water partition coefficient (Wildman–Crippen LogP) is 3.09. The number of halogens is 3. The molecule has 0 amide bonds. The van der Waals surface area contributed by atoms with Crippen molar-refractivity contribution in [1.82, 2.24) is 4.72 Å². The lowest BCUT2D eigenvalue weighted by Crippen LogP contribution is -2.48. The van der Waals surface area contributed by atoms with Crippen molar-refractivity contribution in [3.8, 4) is 0 Å². The minimum atomic E-state index is -4.76. The van der Waals surface area contributed by atoms with Gasteiger partial charge in [0, 0.05) is 24.6 Å². The van der Waals surface area contributed by atoms with Crippen LogP contribution in [0.3, 0.4) is 0 Å². The van der Waals surface area contributed by atoms with E-state index in [2.05, 4.69) is 9.71 Å². The van der Waals surface area contributed by atoms with E-state index in [4.69, 9.17) is 0 Å². The van der Waals surface area contributed by atoms with Crippen molar-refractivity contribution >= 4 is 32.9 Å². The predicted molar refractivity (Wildman–Crippen MR) is 105 cm³/mol. The van der Waals surface area contributed by atoms with Crippen LogP contribution in [0.15, 0.2) is 38.9 Å². The van der Waals surface area contributed by atoms with E-state index in [9.17, 15) is 31.5 Å². The number of allylic oxidation sites excluding steroid dienone is 1. The first kappa shape index (κ1) is 23.7. The van der Waals surface area contributed by atoms with Crippen LogP contribution >= 0.6 is 11.3 Å². The van der Waals surface area contributed by atoms with Gasteiger partial charge in [-0.15, -0.1) is 11.3 Å². The van der Waals surface area contributed by atoms with Crippen LogP contribution in [0.4, 0.5) is 13.2 Å². The van der Waals surface area contributed by atoms with Gasteiger partial charge in [-0.25, -0.2) is 13.1 Å². The standard InChI is InChI=1S/C18H23F3N2O4S2/c1-12(24)10-15(11-22-29(26,27)16-4-3-9-28-16)23-14-7-5-13(6-8-14)17(2,25)18(19,20)21/h3-5,7,9,13,15,22,25H,6,8,10-11H2,1-2H3. The Hall–Kier alpha value is -1.56. The molecule has 6 nitrogen and oxygen atoms in total. The number of carbonyl (C=O) groups excluding carboxylic acids is 1. The highest BCUT2D eigenvalue weighted by Crippen LogP contribution is 2.40. The molecule has 0 fully saturated rings.